The van der Waals surface area contributed by atoms with Crippen LogP contribution >= 0.6 is 0 Å². The van der Waals surface area contributed by atoms with E-state index < -0.39 is 35.5 Å². The zero-order valence-corrected chi connectivity index (χ0v) is 35.9. The topological polar surface area (TPSA) is 207 Å². The first-order chi connectivity index (χ1) is 31.1. The van der Waals surface area contributed by atoms with E-state index in [1.165, 1.54) is 26.4 Å². The van der Waals surface area contributed by atoms with E-state index in [0.29, 0.717) is 113 Å². The number of ether oxygens (including phenoxy) is 4. The van der Waals surface area contributed by atoms with Crippen molar-refractivity contribution in [1.82, 2.24) is 30.4 Å². The fourth-order valence-corrected chi connectivity index (χ4v) is 10.0. The third-order valence-corrected chi connectivity index (χ3v) is 13.5. The lowest BCUT2D eigenvalue weighted by Gasteiger charge is -2.34. The van der Waals surface area contributed by atoms with Gasteiger partial charge >= 0.3 is 12.2 Å². The number of fused-ring (bicyclic) bond motifs is 2. The Morgan fingerprint density at radius 2 is 1.39 bits per heavy atom. The van der Waals surface area contributed by atoms with Crippen LogP contribution in [0.25, 0.3) is 38.8 Å². The van der Waals surface area contributed by atoms with Crippen molar-refractivity contribution in [3.63, 3.8) is 0 Å². The summed E-state index contributed by atoms with van der Waals surface area (Å²) in [6.07, 6.45) is 7.64. The molecule has 9 rings (SSSR count). The first kappa shape index (κ1) is 43.1. The van der Waals surface area contributed by atoms with Gasteiger partial charge < -0.3 is 48.8 Å². The second-order valence-electron chi connectivity index (χ2n) is 17.1. The highest BCUT2D eigenvalue weighted by Crippen LogP contribution is 2.37. The van der Waals surface area contributed by atoms with Crippen LogP contribution in [0, 0.1) is 17.7 Å². The maximum atomic E-state index is 16.1. The maximum absolute atomic E-state index is 16.1. The number of imidazole rings is 1. The van der Waals surface area contributed by atoms with Crippen molar-refractivity contribution in [1.29, 1.82) is 0 Å². The second-order valence-corrected chi connectivity index (χ2v) is 17.1. The Hall–Kier alpha value is -6.14. The summed E-state index contributed by atoms with van der Waals surface area (Å²) in [4.78, 5) is 82.9. The number of H-pyrrole nitrogens is 1. The number of likely N-dealkylation sites (tertiary alicyclic amines) is 2. The Morgan fingerprint density at radius 3 is 2.02 bits per heavy atom. The number of aliphatic imine (C=N–C) groups is 1. The van der Waals surface area contributed by atoms with Gasteiger partial charge in [-0.15, -0.1) is 0 Å². The number of carbonyl (C=O) groups is 4. The molecule has 4 fully saturated rings. The lowest BCUT2D eigenvalue weighted by molar-refractivity contribution is -0.137. The molecule has 4 saturated heterocycles. The predicted molar refractivity (Wildman–Crippen MR) is 232 cm³/mol. The van der Waals surface area contributed by atoms with Crippen LogP contribution in [0.15, 0.2) is 56.9 Å². The summed E-state index contributed by atoms with van der Waals surface area (Å²) in [7, 11) is 2.54. The number of carbonyl (C=O) groups excluding carboxylic acids is 4. The van der Waals surface area contributed by atoms with Crippen molar-refractivity contribution in [3.8, 4) is 11.3 Å². The summed E-state index contributed by atoms with van der Waals surface area (Å²) < 4.78 is 43.0. The van der Waals surface area contributed by atoms with Crippen molar-refractivity contribution in [3.05, 3.63) is 70.2 Å². The van der Waals surface area contributed by atoms with Crippen LogP contribution in [0.5, 0.6) is 0 Å². The van der Waals surface area contributed by atoms with Crippen LogP contribution < -0.4 is 16.1 Å². The molecule has 5 aliphatic heterocycles. The highest BCUT2D eigenvalue weighted by Gasteiger charge is 2.42. The Kier molecular flexibility index (Phi) is 12.5. The first-order valence-electron chi connectivity index (χ1n) is 22.1. The minimum absolute atomic E-state index is 0.0838. The molecule has 18 heteroatoms. The normalized spacial score (nSPS) is 21.7. The summed E-state index contributed by atoms with van der Waals surface area (Å²) in [6.45, 7) is 3.04. The largest absolute Gasteiger partial charge is 0.456 e. The maximum Gasteiger partial charge on any atom is 0.407 e. The van der Waals surface area contributed by atoms with Crippen LogP contribution in [0.3, 0.4) is 0 Å². The molecular formula is C46H52FN7O10. The highest BCUT2D eigenvalue weighted by molar-refractivity contribution is 6.04. The van der Waals surface area contributed by atoms with Gasteiger partial charge in [0.05, 0.1) is 49.0 Å². The number of allylic oxidation sites excluding steroid dienone is 1. The minimum atomic E-state index is -0.769. The SMILES string of the molecule is COC(=O)N[C@H](C(=O)N1CCC[C@H]1C1=NC=C(c2cc3oc4ccc(-c5cnc([C@@H]6CCCN6C(=O)[C@@H](NC(=O)OC)C6CCOCC6)[nH]5)cc4c(=O)c3cc2F)C1)C1CCOCC1. The molecule has 64 heavy (non-hydrogen) atoms. The lowest BCUT2D eigenvalue weighted by Crippen LogP contribution is -2.55. The molecule has 0 spiro atoms. The van der Waals surface area contributed by atoms with Crippen LogP contribution in [-0.4, -0.2) is 121 Å². The molecule has 0 saturated carbocycles. The van der Waals surface area contributed by atoms with Gasteiger partial charge in [0.2, 0.25) is 17.2 Å². The molecule has 2 aromatic carbocycles. The van der Waals surface area contributed by atoms with Crippen LogP contribution in [0.4, 0.5) is 14.0 Å². The van der Waals surface area contributed by atoms with Crippen molar-refractivity contribution in [2.75, 3.05) is 53.7 Å². The van der Waals surface area contributed by atoms with Crippen molar-refractivity contribution in [2.45, 2.75) is 82.0 Å². The molecule has 17 nitrogen and oxygen atoms in total. The molecule has 7 heterocycles. The Balaban J connectivity index is 0.913. The van der Waals surface area contributed by atoms with Gasteiger partial charge in [-0.3, -0.25) is 19.4 Å². The number of rotatable bonds is 10. The molecule has 2 aromatic heterocycles. The number of alkyl carbamates (subject to hydrolysis) is 2. The van der Waals surface area contributed by atoms with Crippen molar-refractivity contribution >= 4 is 57.2 Å². The standard InChI is InChI=1S/C46H52FN7O10/c1-60-45(58)51-39(25-9-15-62-16-10-25)43(56)53-13-3-5-35(53)33-20-28(23-48-33)29-22-38-31(21-32(29)47)41(55)30-19-27(7-8-37(30)64-38)34-24-49-42(50-34)36-6-4-14-54(36)44(57)40(52-46(59)61-2)26-11-17-63-18-12-26/h7-8,19,21-26,35-36,39-40H,3-6,9-18,20H2,1-2H3,(H,49,50)(H,51,58)(H,52,59)/t35-,36-,39-,40-/m0/s1. The number of nitrogens with zero attached hydrogens (tertiary/aromatic N) is 4. The molecule has 4 aromatic rings. The predicted octanol–water partition coefficient (Wildman–Crippen LogP) is 5.62. The van der Waals surface area contributed by atoms with Crippen LogP contribution in [0.2, 0.25) is 0 Å². The Morgan fingerprint density at radius 1 is 0.797 bits per heavy atom. The molecule has 4 amide bonds. The number of aromatic amines is 1. The van der Waals surface area contributed by atoms with Crippen LogP contribution in [0.1, 0.15) is 75.2 Å². The van der Waals surface area contributed by atoms with E-state index >= 15 is 4.39 Å². The fourth-order valence-electron chi connectivity index (χ4n) is 10.0. The quantitative estimate of drug-likeness (QED) is 0.167. The molecule has 5 aliphatic rings. The average Bonchev–Trinajstić information content (AvgIpc) is 4.18. The zero-order valence-electron chi connectivity index (χ0n) is 35.9. The minimum Gasteiger partial charge on any atom is -0.456 e. The smallest absolute Gasteiger partial charge is 0.407 e. The summed E-state index contributed by atoms with van der Waals surface area (Å²) in [6, 6.07) is 5.72. The molecule has 4 atom stereocenters. The number of hydrogen-bond acceptors (Lipinski definition) is 12. The van der Waals surface area contributed by atoms with Gasteiger partial charge in [-0.25, -0.2) is 19.0 Å². The lowest BCUT2D eigenvalue weighted by atomic mass is 9.90. The van der Waals surface area contributed by atoms with E-state index in [9.17, 15) is 24.0 Å². The summed E-state index contributed by atoms with van der Waals surface area (Å²) in [5.74, 6) is -0.609. The molecule has 0 aliphatic carbocycles. The Labute approximate surface area is 367 Å². The monoisotopic (exact) mass is 881 g/mol. The van der Waals surface area contributed by atoms with E-state index in [1.807, 2.05) is 0 Å². The summed E-state index contributed by atoms with van der Waals surface area (Å²) in [5.41, 5.74) is 2.98. The third-order valence-electron chi connectivity index (χ3n) is 13.5. The number of nitrogens with one attached hydrogen (secondary N) is 3. The van der Waals surface area contributed by atoms with Crippen molar-refractivity contribution < 1.29 is 46.9 Å². The summed E-state index contributed by atoms with van der Waals surface area (Å²) >= 11 is 0. The number of amides is 4. The Bertz CT molecular complexity index is 2580. The van der Waals surface area contributed by atoms with Gasteiger partial charge in [0, 0.05) is 69.0 Å². The number of methoxy groups -OCH3 is 2. The molecule has 0 bridgehead atoms. The highest BCUT2D eigenvalue weighted by atomic mass is 19.1. The van der Waals surface area contributed by atoms with Gasteiger partial charge in [-0.05, 0) is 99.1 Å². The molecule has 3 N–H and O–H groups in total. The average molecular weight is 882 g/mol. The number of benzene rings is 2. The van der Waals surface area contributed by atoms with Gasteiger partial charge in [0.1, 0.15) is 34.9 Å². The van der Waals surface area contributed by atoms with E-state index in [-0.39, 0.29) is 57.7 Å². The van der Waals surface area contributed by atoms with Gasteiger partial charge in [0.25, 0.3) is 0 Å². The van der Waals surface area contributed by atoms with Gasteiger partial charge in [-0.2, -0.15) is 0 Å². The zero-order chi connectivity index (χ0) is 44.5. The van der Waals surface area contributed by atoms with E-state index in [4.69, 9.17) is 23.4 Å². The van der Waals surface area contributed by atoms with Crippen molar-refractivity contribution in [2.24, 2.45) is 16.8 Å². The van der Waals surface area contributed by atoms with E-state index in [2.05, 4.69) is 25.6 Å². The first-order valence-corrected chi connectivity index (χ1v) is 22.1. The molecular weight excluding hydrogens is 830 g/mol. The van der Waals surface area contributed by atoms with E-state index in [1.54, 1.807) is 40.4 Å². The van der Waals surface area contributed by atoms with Crippen LogP contribution in [-0.2, 0) is 28.5 Å². The van der Waals surface area contributed by atoms with Gasteiger partial charge in [-0.1, -0.05) is 0 Å². The molecule has 0 unspecified atom stereocenters. The number of aromatic nitrogens is 2. The second kappa shape index (κ2) is 18.5. The number of halogens is 1. The van der Waals surface area contributed by atoms with E-state index in [0.717, 1.165) is 18.6 Å². The molecule has 0 radical (unpaired) electrons. The summed E-state index contributed by atoms with van der Waals surface area (Å²) in [5, 5.41) is 5.88. The molecule has 338 valence electrons. The number of hydrogen-bond donors (Lipinski definition) is 3. The fraction of sp³-hybridized carbons (Fsp3) is 0.500. The van der Waals surface area contributed by atoms with Gasteiger partial charge in [0.15, 0.2) is 0 Å². The third kappa shape index (κ3) is 8.47.